The number of aromatic nitrogens is 1. The smallest absolute Gasteiger partial charge is 0.326 e. The second kappa shape index (κ2) is 13.9. The third-order valence-corrected chi connectivity index (χ3v) is 8.62. The van der Waals surface area contributed by atoms with Crippen LogP contribution in [0.2, 0.25) is 0 Å². The molecule has 2 fully saturated rings. The van der Waals surface area contributed by atoms with E-state index in [1.165, 1.54) is 5.56 Å². The highest BCUT2D eigenvalue weighted by Crippen LogP contribution is 2.51. The zero-order chi connectivity index (χ0) is 29.5. The molecular weight excluding hydrogens is 538 g/mol. The zero-order valence-corrected chi connectivity index (χ0v) is 23.9. The number of carbonyl (C=O) groups is 3. The number of pyridine rings is 1. The average Bonchev–Trinajstić information content (AvgIpc) is 3.51. The van der Waals surface area contributed by atoms with Crippen LogP contribution in [0.15, 0.2) is 42.5 Å². The van der Waals surface area contributed by atoms with Crippen molar-refractivity contribution in [2.75, 3.05) is 51.2 Å². The van der Waals surface area contributed by atoms with Gasteiger partial charge in [0.25, 0.3) is 0 Å². The number of carbonyl (C=O) groups excluding carboxylic acids is 1. The second-order valence-electron chi connectivity index (χ2n) is 11.5. The van der Waals surface area contributed by atoms with Crippen molar-refractivity contribution in [3.05, 3.63) is 53.7 Å². The molecule has 2 amide bonds. The van der Waals surface area contributed by atoms with Crippen molar-refractivity contribution in [1.29, 1.82) is 0 Å². The van der Waals surface area contributed by atoms with Crippen LogP contribution in [0, 0.1) is 17.8 Å². The minimum absolute atomic E-state index is 0.0237. The number of anilines is 1. The first-order chi connectivity index (χ1) is 20.4. The summed E-state index contributed by atoms with van der Waals surface area (Å²) in [7, 11) is 0. The number of hydrogen-bond acceptors (Lipinski definition) is 7. The van der Waals surface area contributed by atoms with Crippen LogP contribution in [-0.4, -0.2) is 94.9 Å². The van der Waals surface area contributed by atoms with E-state index >= 15 is 0 Å². The van der Waals surface area contributed by atoms with Crippen molar-refractivity contribution in [2.45, 2.75) is 44.6 Å². The van der Waals surface area contributed by atoms with Gasteiger partial charge >= 0.3 is 18.0 Å². The van der Waals surface area contributed by atoms with Crippen molar-refractivity contribution in [3.8, 4) is 5.75 Å². The van der Waals surface area contributed by atoms with Gasteiger partial charge in [-0.05, 0) is 80.7 Å². The summed E-state index contributed by atoms with van der Waals surface area (Å²) < 4.78 is 5.90. The van der Waals surface area contributed by atoms with Crippen LogP contribution in [0.25, 0.3) is 0 Å². The number of urea groups is 1. The first-order valence-corrected chi connectivity index (χ1v) is 15.0. The van der Waals surface area contributed by atoms with Crippen LogP contribution in [0.5, 0.6) is 5.75 Å². The van der Waals surface area contributed by atoms with Crippen molar-refractivity contribution >= 4 is 23.8 Å². The SMILES string of the molecule is O=C(O)C(CCN(CCCCc1ccc2c(n1)NCCC2)CCOc1ccccc1)NC(=O)N1CC2C(C1)C2C(=O)O. The van der Waals surface area contributed by atoms with Crippen LogP contribution >= 0.6 is 0 Å². The Hall–Kier alpha value is -3.86. The predicted molar refractivity (Wildman–Crippen MR) is 157 cm³/mol. The van der Waals surface area contributed by atoms with Crippen molar-refractivity contribution in [3.63, 3.8) is 0 Å². The first kappa shape index (κ1) is 29.6. The van der Waals surface area contributed by atoms with Crippen LogP contribution in [0.3, 0.4) is 0 Å². The summed E-state index contributed by atoms with van der Waals surface area (Å²) in [5.74, 6) is -0.532. The molecule has 11 heteroatoms. The first-order valence-electron chi connectivity index (χ1n) is 15.0. The fourth-order valence-electron chi connectivity index (χ4n) is 6.16. The molecule has 11 nitrogen and oxygen atoms in total. The summed E-state index contributed by atoms with van der Waals surface area (Å²) in [6.07, 6.45) is 5.20. The van der Waals surface area contributed by atoms with E-state index in [9.17, 15) is 24.6 Å². The average molecular weight is 580 g/mol. The molecule has 3 heterocycles. The number of benzene rings is 1. The summed E-state index contributed by atoms with van der Waals surface area (Å²) >= 11 is 0. The summed E-state index contributed by atoms with van der Waals surface area (Å²) in [6.45, 7) is 4.04. The molecule has 0 bridgehead atoms. The molecule has 1 saturated heterocycles. The summed E-state index contributed by atoms with van der Waals surface area (Å²) in [6, 6.07) is 12.4. The molecule has 226 valence electrons. The van der Waals surface area contributed by atoms with E-state index in [1.54, 1.807) is 4.90 Å². The van der Waals surface area contributed by atoms with Gasteiger partial charge in [-0.25, -0.2) is 14.6 Å². The summed E-state index contributed by atoms with van der Waals surface area (Å²) in [5, 5.41) is 25.1. The molecule has 2 aliphatic heterocycles. The highest BCUT2D eigenvalue weighted by Gasteiger charge is 2.60. The zero-order valence-electron chi connectivity index (χ0n) is 23.9. The molecule has 42 heavy (non-hydrogen) atoms. The Bertz CT molecular complexity index is 1230. The predicted octanol–water partition coefficient (Wildman–Crippen LogP) is 2.96. The lowest BCUT2D eigenvalue weighted by molar-refractivity contribution is -0.140. The molecule has 3 atom stereocenters. The van der Waals surface area contributed by atoms with E-state index in [0.717, 1.165) is 62.5 Å². The molecule has 1 aliphatic carbocycles. The molecular formula is C31H41N5O6. The number of para-hydroxylation sites is 1. The Morgan fingerprint density at radius 3 is 2.57 bits per heavy atom. The third kappa shape index (κ3) is 7.70. The van der Waals surface area contributed by atoms with E-state index < -0.39 is 24.0 Å². The van der Waals surface area contributed by atoms with Gasteiger partial charge in [0.15, 0.2) is 0 Å². The van der Waals surface area contributed by atoms with Gasteiger partial charge in [0.2, 0.25) is 0 Å². The Morgan fingerprint density at radius 1 is 1.05 bits per heavy atom. The van der Waals surface area contributed by atoms with Gasteiger partial charge in [0.05, 0.1) is 5.92 Å². The Kier molecular flexibility index (Phi) is 9.78. The van der Waals surface area contributed by atoms with Gasteiger partial charge in [0.1, 0.15) is 24.2 Å². The number of piperidine rings is 1. The summed E-state index contributed by atoms with van der Waals surface area (Å²) in [4.78, 5) is 44.5. The molecule has 5 rings (SSSR count). The number of aliphatic carboxylic acids is 2. The van der Waals surface area contributed by atoms with E-state index in [0.29, 0.717) is 32.8 Å². The largest absolute Gasteiger partial charge is 0.492 e. The van der Waals surface area contributed by atoms with Gasteiger partial charge < -0.3 is 30.5 Å². The fourth-order valence-corrected chi connectivity index (χ4v) is 6.16. The third-order valence-electron chi connectivity index (χ3n) is 8.62. The van der Waals surface area contributed by atoms with E-state index in [-0.39, 0.29) is 24.2 Å². The number of rotatable bonds is 15. The van der Waals surface area contributed by atoms with E-state index in [2.05, 4.69) is 27.7 Å². The number of amides is 2. The minimum atomic E-state index is -1.08. The fraction of sp³-hybridized carbons (Fsp3) is 0.548. The number of aryl methyl sites for hydroxylation is 2. The number of unbranched alkanes of at least 4 members (excludes halogenated alkanes) is 1. The highest BCUT2D eigenvalue weighted by atomic mass is 16.5. The molecule has 2 aromatic rings. The van der Waals surface area contributed by atoms with Gasteiger partial charge in [-0.3, -0.25) is 9.69 Å². The second-order valence-corrected chi connectivity index (χ2v) is 11.5. The Morgan fingerprint density at radius 2 is 1.83 bits per heavy atom. The summed E-state index contributed by atoms with van der Waals surface area (Å²) in [5.41, 5.74) is 2.35. The maximum absolute atomic E-state index is 12.8. The van der Waals surface area contributed by atoms with Crippen LogP contribution in [0.1, 0.15) is 36.9 Å². The highest BCUT2D eigenvalue weighted by molar-refractivity contribution is 5.83. The van der Waals surface area contributed by atoms with Gasteiger partial charge in [-0.15, -0.1) is 0 Å². The minimum Gasteiger partial charge on any atom is -0.492 e. The molecule has 4 N–H and O–H groups in total. The lowest BCUT2D eigenvalue weighted by atomic mass is 10.1. The molecule has 0 spiro atoms. The Balaban J connectivity index is 1.10. The number of likely N-dealkylation sites (tertiary alicyclic amines) is 1. The van der Waals surface area contributed by atoms with Gasteiger partial charge in [0, 0.05) is 38.4 Å². The lowest BCUT2D eigenvalue weighted by Crippen LogP contribution is -2.49. The van der Waals surface area contributed by atoms with Gasteiger partial charge in [-0.2, -0.15) is 0 Å². The Labute approximate surface area is 246 Å². The standard InChI is InChI=1S/C31H41N5O6/c37-29(38)26(34-31(41)36-19-24-25(20-36)27(24)30(39)40)13-16-35(17-18-42-23-9-2-1-3-10-23)15-5-4-8-22-12-11-21-7-6-14-32-28(21)33-22/h1-3,9-12,24-27H,4-8,13-20H2,(H,32,33)(H,34,41)(H,37,38)(H,39,40). The molecule has 1 aromatic carbocycles. The van der Waals surface area contributed by atoms with Crippen molar-refractivity contribution < 1.29 is 29.3 Å². The van der Waals surface area contributed by atoms with Crippen LogP contribution < -0.4 is 15.4 Å². The van der Waals surface area contributed by atoms with Crippen molar-refractivity contribution in [2.24, 2.45) is 17.8 Å². The topological polar surface area (TPSA) is 144 Å². The van der Waals surface area contributed by atoms with Crippen LogP contribution in [-0.2, 0) is 22.4 Å². The number of ether oxygens (including phenoxy) is 1. The number of nitrogens with zero attached hydrogens (tertiary/aromatic N) is 3. The van der Waals surface area contributed by atoms with Gasteiger partial charge in [-0.1, -0.05) is 24.3 Å². The molecule has 0 radical (unpaired) electrons. The van der Waals surface area contributed by atoms with E-state index in [4.69, 9.17) is 9.72 Å². The normalized spacial score (nSPS) is 21.2. The number of carboxylic acids is 2. The van der Waals surface area contributed by atoms with E-state index in [1.807, 2.05) is 30.3 Å². The maximum atomic E-state index is 12.8. The van der Waals surface area contributed by atoms with Crippen LogP contribution in [0.4, 0.5) is 10.6 Å². The quantitative estimate of drug-likeness (QED) is 0.234. The molecule has 3 unspecified atom stereocenters. The number of fused-ring (bicyclic) bond motifs is 2. The monoisotopic (exact) mass is 579 g/mol. The molecule has 3 aliphatic rings. The molecule has 1 saturated carbocycles. The number of hydrogen-bond donors (Lipinski definition) is 4. The lowest BCUT2D eigenvalue weighted by Gasteiger charge is -2.26. The number of nitrogens with one attached hydrogen (secondary N) is 2. The molecule has 1 aromatic heterocycles. The number of carboxylic acid groups (broad SMARTS) is 2. The maximum Gasteiger partial charge on any atom is 0.326 e. The van der Waals surface area contributed by atoms with Crippen molar-refractivity contribution in [1.82, 2.24) is 20.1 Å².